The number of hydrogen-bond donors (Lipinski definition) is 2. The van der Waals surface area contributed by atoms with E-state index in [1.54, 1.807) is 0 Å². The summed E-state index contributed by atoms with van der Waals surface area (Å²) in [5, 5.41) is 0. The molecule has 64 valence electrons. The van der Waals surface area contributed by atoms with Gasteiger partial charge in [-0.05, 0) is 6.92 Å². The van der Waals surface area contributed by atoms with E-state index in [1.807, 2.05) is 0 Å². The van der Waals surface area contributed by atoms with Crippen LogP contribution in [0.2, 0.25) is 0 Å². The van der Waals surface area contributed by atoms with Crippen LogP contribution in [0.3, 0.4) is 0 Å². The first-order valence-electron chi connectivity index (χ1n) is 2.77. The lowest BCUT2D eigenvalue weighted by Crippen LogP contribution is -2.20. The Morgan fingerprint density at radius 3 is 2.18 bits per heavy atom. The number of allylic oxidation sites excluding steroid dienone is 1. The van der Waals surface area contributed by atoms with E-state index in [0.717, 1.165) is 0 Å². The molecule has 0 aromatic carbocycles. The molecule has 0 aliphatic carbocycles. The predicted molar refractivity (Wildman–Crippen MR) is 39.4 cm³/mol. The molecule has 1 amide bonds. The second-order valence-corrected chi connectivity index (χ2v) is 3.36. The second kappa shape index (κ2) is 3.49. The van der Waals surface area contributed by atoms with Crippen molar-refractivity contribution in [3.05, 3.63) is 11.6 Å². The average molecular weight is 179 g/mol. The topological polar surface area (TPSA) is 97.5 Å². The third kappa shape index (κ3) is 4.51. The zero-order valence-corrected chi connectivity index (χ0v) is 6.76. The Hall–Kier alpha value is -0.880. The standard InChI is InChI=1S/C5H9NO4S/c1-2-4(5(6)7)3-11(8,9)10/h2H,3H2,1H3,(H2,6,7)(H,8,9,10). The highest BCUT2D eigenvalue weighted by Gasteiger charge is 2.12. The summed E-state index contributed by atoms with van der Waals surface area (Å²) in [6.45, 7) is 1.46. The molecular weight excluding hydrogens is 170 g/mol. The first-order valence-corrected chi connectivity index (χ1v) is 4.38. The molecule has 0 aliphatic rings. The highest BCUT2D eigenvalue weighted by Crippen LogP contribution is 1.97. The molecule has 0 heterocycles. The van der Waals surface area contributed by atoms with E-state index in [0.29, 0.717) is 0 Å². The zero-order chi connectivity index (χ0) is 9.07. The Morgan fingerprint density at radius 2 is 2.09 bits per heavy atom. The fraction of sp³-hybridized carbons (Fsp3) is 0.400. The van der Waals surface area contributed by atoms with Crippen molar-refractivity contribution in [3.8, 4) is 0 Å². The molecule has 0 saturated carbocycles. The van der Waals surface area contributed by atoms with Gasteiger partial charge in [0.15, 0.2) is 0 Å². The summed E-state index contributed by atoms with van der Waals surface area (Å²) in [7, 11) is -4.15. The smallest absolute Gasteiger partial charge is 0.269 e. The largest absolute Gasteiger partial charge is 0.366 e. The minimum Gasteiger partial charge on any atom is -0.366 e. The van der Waals surface area contributed by atoms with Crippen molar-refractivity contribution < 1.29 is 17.8 Å². The third-order valence-electron chi connectivity index (χ3n) is 1.00. The van der Waals surface area contributed by atoms with Crippen LogP contribution >= 0.6 is 0 Å². The van der Waals surface area contributed by atoms with E-state index in [9.17, 15) is 13.2 Å². The van der Waals surface area contributed by atoms with Gasteiger partial charge in [0.2, 0.25) is 5.91 Å². The van der Waals surface area contributed by atoms with Gasteiger partial charge < -0.3 is 5.73 Å². The lowest BCUT2D eigenvalue weighted by molar-refractivity contribution is -0.114. The SMILES string of the molecule is CC=C(CS(=O)(=O)O)C(N)=O. The van der Waals surface area contributed by atoms with Crippen LogP contribution < -0.4 is 5.73 Å². The minimum atomic E-state index is -4.15. The van der Waals surface area contributed by atoms with Gasteiger partial charge in [0.1, 0.15) is 5.75 Å². The molecule has 0 spiro atoms. The van der Waals surface area contributed by atoms with Gasteiger partial charge in [0.25, 0.3) is 10.1 Å². The van der Waals surface area contributed by atoms with Crippen molar-refractivity contribution in [2.75, 3.05) is 5.75 Å². The number of carbonyl (C=O) groups is 1. The Bertz CT molecular complexity index is 277. The third-order valence-corrected chi connectivity index (χ3v) is 1.68. The van der Waals surface area contributed by atoms with E-state index in [-0.39, 0.29) is 5.57 Å². The van der Waals surface area contributed by atoms with E-state index in [1.165, 1.54) is 13.0 Å². The van der Waals surface area contributed by atoms with Crippen molar-refractivity contribution in [3.63, 3.8) is 0 Å². The summed E-state index contributed by atoms with van der Waals surface area (Å²) in [4.78, 5) is 10.4. The van der Waals surface area contributed by atoms with Crippen molar-refractivity contribution in [1.82, 2.24) is 0 Å². The van der Waals surface area contributed by atoms with Crippen LogP contribution in [0.5, 0.6) is 0 Å². The van der Waals surface area contributed by atoms with Gasteiger partial charge in [-0.3, -0.25) is 9.35 Å². The summed E-state index contributed by atoms with van der Waals surface area (Å²) in [6, 6.07) is 0. The Kier molecular flexibility index (Phi) is 3.21. The van der Waals surface area contributed by atoms with Gasteiger partial charge in [-0.2, -0.15) is 8.42 Å². The van der Waals surface area contributed by atoms with Crippen LogP contribution in [0.25, 0.3) is 0 Å². The monoisotopic (exact) mass is 179 g/mol. The van der Waals surface area contributed by atoms with E-state index < -0.39 is 21.8 Å². The summed E-state index contributed by atoms with van der Waals surface area (Å²) in [6.07, 6.45) is 1.25. The molecule has 0 saturated heterocycles. The molecule has 0 aromatic heterocycles. The van der Waals surface area contributed by atoms with Gasteiger partial charge in [-0.15, -0.1) is 0 Å². The second-order valence-electron chi connectivity index (χ2n) is 1.90. The van der Waals surface area contributed by atoms with Crippen LogP contribution in [0.15, 0.2) is 11.6 Å². The molecule has 3 N–H and O–H groups in total. The summed E-state index contributed by atoms with van der Waals surface area (Å²) >= 11 is 0. The molecule has 5 nitrogen and oxygen atoms in total. The molecule has 6 heteroatoms. The predicted octanol–water partition coefficient (Wildman–Crippen LogP) is -0.694. The highest BCUT2D eigenvalue weighted by molar-refractivity contribution is 7.86. The first kappa shape index (κ1) is 10.1. The maximum Gasteiger partial charge on any atom is 0.269 e. The van der Waals surface area contributed by atoms with Crippen LogP contribution in [0, 0.1) is 0 Å². The molecule has 11 heavy (non-hydrogen) atoms. The van der Waals surface area contributed by atoms with Gasteiger partial charge in [-0.1, -0.05) is 6.08 Å². The Morgan fingerprint density at radius 1 is 1.64 bits per heavy atom. The summed E-state index contributed by atoms with van der Waals surface area (Å²) < 4.78 is 28.7. The molecular formula is C5H9NO4S. The van der Waals surface area contributed by atoms with Gasteiger partial charge in [0.05, 0.1) is 0 Å². The number of carbonyl (C=O) groups excluding carboxylic acids is 1. The fourth-order valence-electron chi connectivity index (χ4n) is 0.493. The normalized spacial score (nSPS) is 13.1. The number of rotatable bonds is 3. The minimum absolute atomic E-state index is 0.118. The zero-order valence-electron chi connectivity index (χ0n) is 5.94. The lowest BCUT2D eigenvalue weighted by Gasteiger charge is -1.97. The molecule has 0 aliphatic heterocycles. The fourth-order valence-corrected chi connectivity index (χ4v) is 1.20. The molecule has 0 fully saturated rings. The quantitative estimate of drug-likeness (QED) is 0.442. The van der Waals surface area contributed by atoms with Crippen molar-refractivity contribution >= 4 is 16.0 Å². The van der Waals surface area contributed by atoms with Crippen LogP contribution in [0.1, 0.15) is 6.92 Å². The molecule has 0 radical (unpaired) electrons. The number of amides is 1. The first-order chi connectivity index (χ1) is 4.87. The maximum absolute atomic E-state index is 10.4. The molecule has 0 atom stereocenters. The highest BCUT2D eigenvalue weighted by atomic mass is 32.2. The molecule has 0 unspecified atom stereocenters. The van der Waals surface area contributed by atoms with E-state index in [2.05, 4.69) is 0 Å². The van der Waals surface area contributed by atoms with Crippen molar-refractivity contribution in [1.29, 1.82) is 0 Å². The molecule has 0 aromatic rings. The van der Waals surface area contributed by atoms with Crippen LogP contribution in [0.4, 0.5) is 0 Å². The maximum atomic E-state index is 10.4. The number of primary amides is 1. The van der Waals surface area contributed by atoms with E-state index in [4.69, 9.17) is 10.3 Å². The van der Waals surface area contributed by atoms with E-state index >= 15 is 0 Å². The average Bonchev–Trinajstić information content (AvgIpc) is 1.80. The van der Waals surface area contributed by atoms with Gasteiger partial charge >= 0.3 is 0 Å². The molecule has 0 bridgehead atoms. The number of nitrogens with two attached hydrogens (primary N) is 1. The summed E-state index contributed by atoms with van der Waals surface area (Å²) in [5.74, 6) is -1.57. The van der Waals surface area contributed by atoms with Crippen LogP contribution in [-0.2, 0) is 14.9 Å². The molecule has 0 rings (SSSR count). The van der Waals surface area contributed by atoms with Crippen molar-refractivity contribution in [2.24, 2.45) is 5.73 Å². The van der Waals surface area contributed by atoms with Crippen molar-refractivity contribution in [2.45, 2.75) is 6.92 Å². The number of hydrogen-bond acceptors (Lipinski definition) is 3. The summed E-state index contributed by atoms with van der Waals surface area (Å²) in [5.41, 5.74) is 4.65. The lowest BCUT2D eigenvalue weighted by atomic mass is 10.3. The van der Waals surface area contributed by atoms with Crippen LogP contribution in [-0.4, -0.2) is 24.6 Å². The Balaban J connectivity index is 4.50. The van der Waals surface area contributed by atoms with Gasteiger partial charge in [-0.25, -0.2) is 0 Å². The Labute approximate surface area is 64.6 Å². The van der Waals surface area contributed by atoms with Gasteiger partial charge in [0, 0.05) is 5.57 Å².